The molecule has 0 radical (unpaired) electrons. The number of carboxylic acids is 1. The molecule has 1 atom stereocenters. The van der Waals surface area contributed by atoms with Crippen LogP contribution < -0.4 is 0 Å². The zero-order valence-corrected chi connectivity index (χ0v) is 13.7. The number of benzene rings is 1. The lowest BCUT2D eigenvalue weighted by Crippen LogP contribution is -2.44. The molecule has 1 heterocycles. The topological polar surface area (TPSA) is 57.6 Å². The van der Waals surface area contributed by atoms with Gasteiger partial charge in [0.1, 0.15) is 0 Å². The van der Waals surface area contributed by atoms with Gasteiger partial charge in [-0.25, -0.2) is 0 Å². The van der Waals surface area contributed by atoms with Crippen molar-refractivity contribution in [3.05, 3.63) is 35.4 Å². The Morgan fingerprint density at radius 2 is 1.87 bits per heavy atom. The van der Waals surface area contributed by atoms with Gasteiger partial charge in [-0.1, -0.05) is 37.6 Å². The van der Waals surface area contributed by atoms with Gasteiger partial charge in [-0.15, -0.1) is 0 Å². The summed E-state index contributed by atoms with van der Waals surface area (Å²) in [6.45, 7) is 3.07. The third kappa shape index (κ3) is 3.26. The zero-order chi connectivity index (χ0) is 16.4. The van der Waals surface area contributed by atoms with Gasteiger partial charge in [0, 0.05) is 19.0 Å². The minimum Gasteiger partial charge on any atom is -0.481 e. The van der Waals surface area contributed by atoms with Gasteiger partial charge >= 0.3 is 5.97 Å². The van der Waals surface area contributed by atoms with Crippen LogP contribution in [0.15, 0.2) is 24.3 Å². The van der Waals surface area contributed by atoms with E-state index in [1.165, 1.54) is 6.42 Å². The smallest absolute Gasteiger partial charge is 0.312 e. The highest BCUT2D eigenvalue weighted by Gasteiger charge is 2.35. The zero-order valence-electron chi connectivity index (χ0n) is 13.7. The van der Waals surface area contributed by atoms with Crippen molar-refractivity contribution in [2.45, 2.75) is 51.5 Å². The second-order valence-corrected chi connectivity index (χ2v) is 6.93. The molecule has 1 N–H and O–H groups in total. The van der Waals surface area contributed by atoms with Crippen LogP contribution in [-0.4, -0.2) is 28.4 Å². The van der Waals surface area contributed by atoms with Crippen LogP contribution in [0.25, 0.3) is 0 Å². The quantitative estimate of drug-likeness (QED) is 0.930. The monoisotopic (exact) mass is 315 g/mol. The molecule has 1 aliphatic heterocycles. The second kappa shape index (κ2) is 6.73. The third-order valence-electron chi connectivity index (χ3n) is 5.58. The lowest BCUT2D eigenvalue weighted by molar-refractivity contribution is -0.143. The van der Waals surface area contributed by atoms with Gasteiger partial charge in [-0.3, -0.25) is 9.59 Å². The molecule has 4 heteroatoms. The van der Waals surface area contributed by atoms with Crippen LogP contribution in [0.4, 0.5) is 0 Å². The Kier molecular flexibility index (Phi) is 4.69. The highest BCUT2D eigenvalue weighted by atomic mass is 16.4. The molecule has 0 saturated heterocycles. The van der Waals surface area contributed by atoms with Crippen molar-refractivity contribution in [3.63, 3.8) is 0 Å². The van der Waals surface area contributed by atoms with Gasteiger partial charge in [-0.2, -0.15) is 0 Å². The largest absolute Gasteiger partial charge is 0.481 e. The fourth-order valence-electron chi connectivity index (χ4n) is 4.06. The number of nitrogens with zero attached hydrogens (tertiary/aromatic N) is 1. The van der Waals surface area contributed by atoms with E-state index in [0.29, 0.717) is 13.1 Å². The second-order valence-electron chi connectivity index (χ2n) is 6.93. The summed E-state index contributed by atoms with van der Waals surface area (Å²) >= 11 is 0. The first kappa shape index (κ1) is 16.0. The third-order valence-corrected chi connectivity index (χ3v) is 5.58. The van der Waals surface area contributed by atoms with Crippen LogP contribution in [0.2, 0.25) is 0 Å². The van der Waals surface area contributed by atoms with Crippen molar-refractivity contribution in [1.29, 1.82) is 0 Å². The number of fused-ring (bicyclic) bond motifs is 1. The number of carbonyl (C=O) groups is 2. The Bertz CT molecular complexity index is 590. The van der Waals surface area contributed by atoms with Crippen LogP contribution in [-0.2, 0) is 16.1 Å². The fourth-order valence-corrected chi connectivity index (χ4v) is 4.06. The molecule has 0 bridgehead atoms. The molecule has 1 aromatic rings. The lowest BCUT2D eigenvalue weighted by atomic mass is 9.79. The van der Waals surface area contributed by atoms with Crippen LogP contribution in [0, 0.1) is 11.8 Å². The number of carboxylic acid groups (broad SMARTS) is 1. The van der Waals surface area contributed by atoms with Gasteiger partial charge in [-0.05, 0) is 42.7 Å². The van der Waals surface area contributed by atoms with Crippen molar-refractivity contribution in [3.8, 4) is 0 Å². The van der Waals surface area contributed by atoms with Gasteiger partial charge < -0.3 is 10.0 Å². The van der Waals surface area contributed by atoms with E-state index in [0.717, 1.165) is 42.7 Å². The molecule has 2 aliphatic rings. The van der Waals surface area contributed by atoms with E-state index in [1.54, 1.807) is 4.90 Å². The first-order valence-electron chi connectivity index (χ1n) is 8.69. The molecule has 1 amide bonds. The Labute approximate surface area is 137 Å². The molecule has 0 aromatic heterocycles. The van der Waals surface area contributed by atoms with Crippen LogP contribution in [0.3, 0.4) is 0 Å². The molecule has 23 heavy (non-hydrogen) atoms. The maximum atomic E-state index is 12.9. The average Bonchev–Trinajstić information content (AvgIpc) is 2.60. The van der Waals surface area contributed by atoms with Crippen molar-refractivity contribution in [2.75, 3.05) is 6.54 Å². The summed E-state index contributed by atoms with van der Waals surface area (Å²) in [7, 11) is 0. The Morgan fingerprint density at radius 3 is 2.52 bits per heavy atom. The van der Waals surface area contributed by atoms with E-state index < -0.39 is 11.9 Å². The van der Waals surface area contributed by atoms with E-state index in [1.807, 2.05) is 24.3 Å². The average molecular weight is 315 g/mol. The van der Waals surface area contributed by atoms with Crippen LogP contribution >= 0.6 is 0 Å². The highest BCUT2D eigenvalue weighted by molar-refractivity contribution is 5.83. The number of aliphatic carboxylic acids is 1. The minimum atomic E-state index is -0.843. The van der Waals surface area contributed by atoms with E-state index in [9.17, 15) is 14.7 Å². The van der Waals surface area contributed by atoms with Gasteiger partial charge in [0.15, 0.2) is 0 Å². The standard InChI is InChI=1S/C19H25NO3/c1-2-13-7-9-14(10-8-13)18(21)20-11-15-5-3-4-6-16(15)17(12-20)19(22)23/h3-6,13-14,17H,2,7-12H2,1H3,(H,22,23). The molecular weight excluding hydrogens is 290 g/mol. The molecule has 1 aliphatic carbocycles. The predicted molar refractivity (Wildman–Crippen MR) is 88.0 cm³/mol. The SMILES string of the molecule is CCC1CCC(C(=O)N2Cc3ccccc3C(C(=O)O)C2)CC1. The number of hydrogen-bond donors (Lipinski definition) is 1. The molecule has 1 saturated carbocycles. The molecule has 1 unspecified atom stereocenters. The molecule has 1 fully saturated rings. The summed E-state index contributed by atoms with van der Waals surface area (Å²) < 4.78 is 0. The molecule has 3 rings (SSSR count). The molecule has 124 valence electrons. The lowest BCUT2D eigenvalue weighted by Gasteiger charge is -2.36. The summed E-state index contributed by atoms with van der Waals surface area (Å²) in [4.78, 5) is 26.2. The van der Waals surface area contributed by atoms with Crippen molar-refractivity contribution in [1.82, 2.24) is 4.90 Å². The van der Waals surface area contributed by atoms with Crippen molar-refractivity contribution >= 4 is 11.9 Å². The first-order chi connectivity index (χ1) is 11.1. The van der Waals surface area contributed by atoms with Gasteiger partial charge in [0.2, 0.25) is 5.91 Å². The van der Waals surface area contributed by atoms with Gasteiger partial charge in [0.25, 0.3) is 0 Å². The molecule has 1 aromatic carbocycles. The molecule has 4 nitrogen and oxygen atoms in total. The number of hydrogen-bond acceptors (Lipinski definition) is 2. The summed E-state index contributed by atoms with van der Waals surface area (Å²) in [6.07, 6.45) is 5.35. The van der Waals surface area contributed by atoms with Gasteiger partial charge in [0.05, 0.1) is 5.92 Å². The summed E-state index contributed by atoms with van der Waals surface area (Å²) in [5.41, 5.74) is 1.83. The first-order valence-corrected chi connectivity index (χ1v) is 8.69. The van der Waals surface area contributed by atoms with Crippen LogP contribution in [0.5, 0.6) is 0 Å². The fraction of sp³-hybridized carbons (Fsp3) is 0.579. The van der Waals surface area contributed by atoms with Crippen molar-refractivity contribution < 1.29 is 14.7 Å². The van der Waals surface area contributed by atoms with E-state index >= 15 is 0 Å². The summed E-state index contributed by atoms with van der Waals surface area (Å²) in [5, 5.41) is 9.52. The van der Waals surface area contributed by atoms with E-state index in [4.69, 9.17) is 0 Å². The Hall–Kier alpha value is -1.84. The predicted octanol–water partition coefficient (Wildman–Crippen LogP) is 3.41. The highest BCUT2D eigenvalue weighted by Crippen LogP contribution is 2.34. The number of carbonyl (C=O) groups excluding carboxylic acids is 1. The number of rotatable bonds is 3. The Balaban J connectivity index is 1.74. The summed E-state index contributed by atoms with van der Waals surface area (Å²) in [6, 6.07) is 7.61. The normalized spacial score (nSPS) is 27.3. The summed E-state index contributed by atoms with van der Waals surface area (Å²) in [5.74, 6) is -0.453. The Morgan fingerprint density at radius 1 is 1.17 bits per heavy atom. The maximum Gasteiger partial charge on any atom is 0.312 e. The minimum absolute atomic E-state index is 0.0810. The van der Waals surface area contributed by atoms with E-state index in [2.05, 4.69) is 6.92 Å². The van der Waals surface area contributed by atoms with E-state index in [-0.39, 0.29) is 11.8 Å². The van der Waals surface area contributed by atoms with Crippen LogP contribution in [0.1, 0.15) is 56.1 Å². The molecule has 0 spiro atoms. The van der Waals surface area contributed by atoms with Crippen molar-refractivity contribution in [2.24, 2.45) is 11.8 Å². The maximum absolute atomic E-state index is 12.9. The number of amides is 1. The molecular formula is C19H25NO3.